The van der Waals surface area contributed by atoms with Crippen LogP contribution in [0.1, 0.15) is 20.3 Å². The van der Waals surface area contributed by atoms with Gasteiger partial charge in [0.05, 0.1) is 0 Å². The number of halogens is 1. The lowest BCUT2D eigenvalue weighted by atomic mass is 10.0. The summed E-state index contributed by atoms with van der Waals surface area (Å²) in [6.07, 6.45) is 1.14. The molecule has 0 aliphatic carbocycles. The average Bonchev–Trinajstić information content (AvgIpc) is 1.60. The fraction of sp³-hybridized carbons (Fsp3) is 0.833. The zero-order valence-electron chi connectivity index (χ0n) is 5.74. The van der Waals surface area contributed by atoms with Crippen LogP contribution in [0.4, 0.5) is 0 Å². The minimum Gasteiger partial charge on any atom is -0.360 e. The highest BCUT2D eigenvalue weighted by molar-refractivity contribution is 14.1. The van der Waals surface area contributed by atoms with E-state index in [9.17, 15) is 0 Å². The first-order valence-electron chi connectivity index (χ1n) is 3.08. The predicted octanol–water partition coefficient (Wildman–Crippen LogP) is 1.55. The first kappa shape index (κ1) is 7.31. The van der Waals surface area contributed by atoms with Gasteiger partial charge < -0.3 is 5.32 Å². The lowest BCUT2D eigenvalue weighted by molar-refractivity contribution is 0.420. The van der Waals surface area contributed by atoms with E-state index in [4.69, 9.17) is 0 Å². The monoisotopic (exact) mass is 238 g/mol. The summed E-state index contributed by atoms with van der Waals surface area (Å²) in [5.74, 6) is 0. The first-order valence-corrected chi connectivity index (χ1v) is 4.16. The van der Waals surface area contributed by atoms with Crippen LogP contribution in [0.2, 0.25) is 0 Å². The molecule has 0 aromatic carbocycles. The van der Waals surface area contributed by atoms with Crippen LogP contribution in [0.3, 0.4) is 0 Å². The molecule has 1 aliphatic heterocycles. The number of aliphatic imine (C=N–C) groups is 1. The molecule has 0 saturated carbocycles. The molecule has 0 fully saturated rings. The van der Waals surface area contributed by atoms with Gasteiger partial charge in [-0.25, -0.2) is 0 Å². The van der Waals surface area contributed by atoms with E-state index in [1.54, 1.807) is 0 Å². The number of hydrogen-bond donors (Lipinski definition) is 1. The second kappa shape index (κ2) is 2.44. The Morgan fingerprint density at radius 2 is 2.33 bits per heavy atom. The van der Waals surface area contributed by atoms with Gasteiger partial charge in [-0.05, 0) is 42.9 Å². The van der Waals surface area contributed by atoms with Crippen molar-refractivity contribution in [3.63, 3.8) is 0 Å². The molecule has 1 rings (SSSR count). The van der Waals surface area contributed by atoms with E-state index in [0.29, 0.717) is 0 Å². The Labute approximate surface area is 69.3 Å². The molecular weight excluding hydrogens is 227 g/mol. The highest BCUT2D eigenvalue weighted by Crippen LogP contribution is 2.13. The molecular formula is C6H11IN2. The summed E-state index contributed by atoms with van der Waals surface area (Å²) in [5.41, 5.74) is 0.262. The molecule has 3 heteroatoms. The van der Waals surface area contributed by atoms with Gasteiger partial charge in [-0.1, -0.05) is 0 Å². The number of hydrogen-bond acceptors (Lipinski definition) is 2. The van der Waals surface area contributed by atoms with Crippen molar-refractivity contribution in [1.82, 2.24) is 5.32 Å². The molecule has 9 heavy (non-hydrogen) atoms. The molecule has 1 heterocycles. The van der Waals surface area contributed by atoms with Crippen molar-refractivity contribution in [3.8, 4) is 0 Å². The Balaban J connectivity index is 2.59. The van der Waals surface area contributed by atoms with Gasteiger partial charge >= 0.3 is 0 Å². The van der Waals surface area contributed by atoms with Gasteiger partial charge in [-0.3, -0.25) is 4.99 Å². The summed E-state index contributed by atoms with van der Waals surface area (Å²) in [5, 5.41) is 3.29. The Hall–Kier alpha value is 0.200. The van der Waals surface area contributed by atoms with Gasteiger partial charge in [0.15, 0.2) is 3.84 Å². The maximum absolute atomic E-state index is 4.22. The molecule has 0 aromatic rings. The third-order valence-corrected chi connectivity index (χ3v) is 2.04. The van der Waals surface area contributed by atoms with Gasteiger partial charge in [-0.15, -0.1) is 0 Å². The van der Waals surface area contributed by atoms with Crippen molar-refractivity contribution in [2.24, 2.45) is 4.99 Å². The molecule has 2 nitrogen and oxygen atoms in total. The van der Waals surface area contributed by atoms with Crippen LogP contribution < -0.4 is 5.32 Å². The molecule has 0 amide bonds. The highest BCUT2D eigenvalue weighted by Gasteiger charge is 2.20. The fourth-order valence-electron chi connectivity index (χ4n) is 0.815. The quantitative estimate of drug-likeness (QED) is 0.502. The molecule has 0 bridgehead atoms. The maximum atomic E-state index is 4.22. The second-order valence-electron chi connectivity index (χ2n) is 2.93. The van der Waals surface area contributed by atoms with E-state index < -0.39 is 0 Å². The zero-order chi connectivity index (χ0) is 6.91. The van der Waals surface area contributed by atoms with Crippen LogP contribution in [0.15, 0.2) is 4.99 Å². The largest absolute Gasteiger partial charge is 0.360 e. The van der Waals surface area contributed by atoms with E-state index >= 15 is 0 Å². The van der Waals surface area contributed by atoms with E-state index in [-0.39, 0.29) is 5.54 Å². The van der Waals surface area contributed by atoms with E-state index in [1.807, 2.05) is 0 Å². The molecule has 0 saturated heterocycles. The Morgan fingerprint density at radius 3 is 2.67 bits per heavy atom. The fourth-order valence-corrected chi connectivity index (χ4v) is 1.79. The molecule has 0 radical (unpaired) electrons. The summed E-state index contributed by atoms with van der Waals surface area (Å²) in [4.78, 5) is 4.22. The van der Waals surface area contributed by atoms with Crippen LogP contribution in [0.5, 0.6) is 0 Å². The topological polar surface area (TPSA) is 24.4 Å². The van der Waals surface area contributed by atoms with Crippen LogP contribution >= 0.6 is 22.6 Å². The standard InChI is InChI=1S/C6H11IN2/c1-6(2)3-4-8-5(7)9-6/h3-4H2,1-2H3,(H,8,9). The number of nitrogens with zero attached hydrogens (tertiary/aromatic N) is 1. The average molecular weight is 238 g/mol. The van der Waals surface area contributed by atoms with E-state index in [1.165, 1.54) is 0 Å². The minimum atomic E-state index is 0.262. The van der Waals surface area contributed by atoms with E-state index in [2.05, 4.69) is 46.7 Å². The predicted molar refractivity (Wildman–Crippen MR) is 48.2 cm³/mol. The number of nitrogens with one attached hydrogen (secondary N) is 1. The first-order chi connectivity index (χ1) is 4.10. The number of rotatable bonds is 0. The smallest absolute Gasteiger partial charge is 0.160 e. The summed E-state index contributed by atoms with van der Waals surface area (Å²) in [6.45, 7) is 5.36. The maximum Gasteiger partial charge on any atom is 0.160 e. The third kappa shape index (κ3) is 2.12. The van der Waals surface area contributed by atoms with Crippen LogP contribution in [0.25, 0.3) is 0 Å². The summed E-state index contributed by atoms with van der Waals surface area (Å²) in [7, 11) is 0. The van der Waals surface area contributed by atoms with Crippen LogP contribution in [-0.4, -0.2) is 15.9 Å². The van der Waals surface area contributed by atoms with Crippen molar-refractivity contribution >= 4 is 26.4 Å². The highest BCUT2D eigenvalue weighted by atomic mass is 127. The lowest BCUT2D eigenvalue weighted by Gasteiger charge is -2.29. The molecule has 0 aromatic heterocycles. The van der Waals surface area contributed by atoms with Gasteiger partial charge in [0.1, 0.15) is 0 Å². The molecule has 0 unspecified atom stereocenters. The van der Waals surface area contributed by atoms with E-state index in [0.717, 1.165) is 16.8 Å². The third-order valence-electron chi connectivity index (χ3n) is 1.43. The van der Waals surface area contributed by atoms with Crippen LogP contribution in [0, 0.1) is 0 Å². The van der Waals surface area contributed by atoms with Gasteiger partial charge in [0.25, 0.3) is 0 Å². The van der Waals surface area contributed by atoms with Gasteiger partial charge in [0.2, 0.25) is 0 Å². The van der Waals surface area contributed by atoms with Crippen LogP contribution in [-0.2, 0) is 0 Å². The van der Waals surface area contributed by atoms with Crippen molar-refractivity contribution in [2.45, 2.75) is 25.8 Å². The lowest BCUT2D eigenvalue weighted by Crippen LogP contribution is -2.44. The second-order valence-corrected chi connectivity index (χ2v) is 3.95. The van der Waals surface area contributed by atoms with Crippen molar-refractivity contribution in [2.75, 3.05) is 6.54 Å². The van der Waals surface area contributed by atoms with Crippen molar-refractivity contribution in [3.05, 3.63) is 0 Å². The molecule has 52 valence electrons. The van der Waals surface area contributed by atoms with Gasteiger partial charge in [-0.2, -0.15) is 0 Å². The normalized spacial score (nSPS) is 24.6. The summed E-state index contributed by atoms with van der Waals surface area (Å²) in [6, 6.07) is 0. The summed E-state index contributed by atoms with van der Waals surface area (Å²) >= 11 is 2.22. The van der Waals surface area contributed by atoms with Crippen molar-refractivity contribution in [1.29, 1.82) is 0 Å². The van der Waals surface area contributed by atoms with Crippen molar-refractivity contribution < 1.29 is 0 Å². The molecule has 0 atom stereocenters. The van der Waals surface area contributed by atoms with Gasteiger partial charge in [0, 0.05) is 12.1 Å². The zero-order valence-corrected chi connectivity index (χ0v) is 7.90. The molecule has 1 N–H and O–H groups in total. The summed E-state index contributed by atoms with van der Waals surface area (Å²) < 4.78 is 1.05. The Kier molecular flexibility index (Phi) is 1.98. The molecule has 1 aliphatic rings. The number of amidine groups is 1. The minimum absolute atomic E-state index is 0.262. The Morgan fingerprint density at radius 1 is 1.67 bits per heavy atom. The SMILES string of the molecule is CC1(C)CCN=C(I)N1. The Bertz CT molecular complexity index is 140. The molecule has 0 spiro atoms.